The molecule has 6 heteroatoms. The van der Waals surface area contributed by atoms with Crippen molar-refractivity contribution >= 4 is 29.9 Å². The molecule has 0 bridgehead atoms. The number of guanidine groups is 1. The number of hydrogen-bond acceptors (Lipinski definition) is 3. The number of ether oxygens (including phenoxy) is 2. The van der Waals surface area contributed by atoms with Gasteiger partial charge in [-0.3, -0.25) is 4.99 Å². The van der Waals surface area contributed by atoms with Crippen molar-refractivity contribution in [3.05, 3.63) is 29.8 Å². The molecule has 0 saturated heterocycles. The van der Waals surface area contributed by atoms with E-state index in [-0.39, 0.29) is 35.6 Å². The molecule has 0 saturated carbocycles. The molecule has 0 aliphatic carbocycles. The molecule has 1 aromatic carbocycles. The Morgan fingerprint density at radius 2 is 1.91 bits per heavy atom. The lowest BCUT2D eigenvalue weighted by molar-refractivity contribution is 0.129. The third-order valence-corrected chi connectivity index (χ3v) is 2.86. The van der Waals surface area contributed by atoms with Crippen molar-refractivity contribution in [1.29, 1.82) is 0 Å². The predicted octanol–water partition coefficient (Wildman–Crippen LogP) is 3.18. The van der Waals surface area contributed by atoms with Gasteiger partial charge in [-0.1, -0.05) is 18.2 Å². The molecule has 1 atom stereocenters. The van der Waals surface area contributed by atoms with Gasteiger partial charge >= 0.3 is 0 Å². The van der Waals surface area contributed by atoms with Crippen LogP contribution in [0, 0.1) is 0 Å². The molecule has 0 heterocycles. The Labute approximate surface area is 157 Å². The number of rotatable bonds is 6. The van der Waals surface area contributed by atoms with Crippen molar-refractivity contribution in [1.82, 2.24) is 10.6 Å². The predicted molar refractivity (Wildman–Crippen MR) is 107 cm³/mol. The second-order valence-electron chi connectivity index (χ2n) is 6.25. The normalized spacial score (nSPS) is 13.0. The number of nitrogens with one attached hydrogen (secondary N) is 2. The van der Waals surface area contributed by atoms with E-state index >= 15 is 0 Å². The second kappa shape index (κ2) is 10.7. The van der Waals surface area contributed by atoms with Crippen molar-refractivity contribution in [2.75, 3.05) is 20.8 Å². The molecule has 23 heavy (non-hydrogen) atoms. The van der Waals surface area contributed by atoms with Crippen LogP contribution in [0.4, 0.5) is 0 Å². The maximum Gasteiger partial charge on any atom is 0.191 e. The van der Waals surface area contributed by atoms with E-state index in [4.69, 9.17) is 9.47 Å². The third-order valence-electron chi connectivity index (χ3n) is 2.86. The molecule has 1 aromatic rings. The summed E-state index contributed by atoms with van der Waals surface area (Å²) in [6.07, 6.45) is 0. The van der Waals surface area contributed by atoms with E-state index in [0.29, 0.717) is 13.2 Å². The maximum absolute atomic E-state index is 6.00. The molecule has 0 aliphatic rings. The highest BCUT2D eigenvalue weighted by Gasteiger charge is 2.14. The zero-order chi connectivity index (χ0) is 16.6. The summed E-state index contributed by atoms with van der Waals surface area (Å²) in [4.78, 5) is 4.23. The lowest BCUT2D eigenvalue weighted by Gasteiger charge is -2.24. The first-order valence-corrected chi connectivity index (χ1v) is 7.58. The van der Waals surface area contributed by atoms with Crippen molar-refractivity contribution in [3.63, 3.8) is 0 Å². The molecular formula is C17H30IN3O2. The van der Waals surface area contributed by atoms with Gasteiger partial charge in [-0.25, -0.2) is 0 Å². The monoisotopic (exact) mass is 435 g/mol. The van der Waals surface area contributed by atoms with Gasteiger partial charge in [-0.2, -0.15) is 0 Å². The van der Waals surface area contributed by atoms with Crippen molar-refractivity contribution in [2.24, 2.45) is 4.99 Å². The molecule has 2 N–H and O–H groups in total. The Kier molecular flexibility index (Phi) is 10.2. The quantitative estimate of drug-likeness (QED) is 0.410. The summed E-state index contributed by atoms with van der Waals surface area (Å²) in [6.45, 7) is 9.46. The van der Waals surface area contributed by atoms with Crippen LogP contribution < -0.4 is 15.4 Å². The van der Waals surface area contributed by atoms with Gasteiger partial charge < -0.3 is 20.1 Å². The number of halogens is 1. The van der Waals surface area contributed by atoms with Gasteiger partial charge in [0.2, 0.25) is 0 Å². The highest BCUT2D eigenvalue weighted by molar-refractivity contribution is 14.0. The van der Waals surface area contributed by atoms with Crippen LogP contribution in [-0.4, -0.2) is 38.4 Å². The number of nitrogens with zero attached hydrogens (tertiary/aromatic N) is 1. The van der Waals surface area contributed by atoms with E-state index in [1.165, 1.54) is 0 Å². The van der Waals surface area contributed by atoms with Crippen LogP contribution in [0.3, 0.4) is 0 Å². The van der Waals surface area contributed by atoms with Crippen LogP contribution in [0.2, 0.25) is 0 Å². The molecule has 0 aliphatic heterocycles. The van der Waals surface area contributed by atoms with E-state index in [0.717, 1.165) is 17.3 Å². The first-order chi connectivity index (χ1) is 10.4. The Morgan fingerprint density at radius 3 is 2.48 bits per heavy atom. The van der Waals surface area contributed by atoms with Crippen LogP contribution in [-0.2, 0) is 11.3 Å². The summed E-state index contributed by atoms with van der Waals surface area (Å²) in [5.74, 6) is 1.64. The summed E-state index contributed by atoms with van der Waals surface area (Å²) < 4.78 is 11.1. The van der Waals surface area contributed by atoms with Gasteiger partial charge in [0.15, 0.2) is 5.96 Å². The average molecular weight is 435 g/mol. The summed E-state index contributed by atoms with van der Waals surface area (Å²) >= 11 is 0. The zero-order valence-corrected chi connectivity index (χ0v) is 17.3. The number of hydrogen-bond donors (Lipinski definition) is 2. The fraction of sp³-hybridized carbons (Fsp3) is 0.588. The van der Waals surface area contributed by atoms with Crippen molar-refractivity contribution < 1.29 is 9.47 Å². The second-order valence-corrected chi connectivity index (χ2v) is 6.25. The van der Waals surface area contributed by atoms with E-state index < -0.39 is 0 Å². The Bertz CT molecular complexity index is 487. The largest absolute Gasteiger partial charge is 0.488 e. The highest BCUT2D eigenvalue weighted by atomic mass is 127. The minimum absolute atomic E-state index is 0. The van der Waals surface area contributed by atoms with E-state index in [1.807, 2.05) is 45.9 Å². The standard InChI is InChI=1S/C17H29N3O2.HI/c1-13(12-21-6)20-16(18-5)19-11-14-9-7-8-10-15(14)22-17(2,3)4;/h7-10,13H,11-12H2,1-6H3,(H2,18,19,20);1H. The molecular weight excluding hydrogens is 405 g/mol. The van der Waals surface area contributed by atoms with Crippen LogP contribution >= 0.6 is 24.0 Å². The first-order valence-electron chi connectivity index (χ1n) is 7.58. The van der Waals surface area contributed by atoms with E-state index in [1.54, 1.807) is 14.2 Å². The lowest BCUT2D eigenvalue weighted by Crippen LogP contribution is -2.43. The minimum atomic E-state index is -0.219. The first kappa shape index (κ1) is 22.0. The molecule has 0 amide bonds. The topological polar surface area (TPSA) is 54.9 Å². The molecule has 132 valence electrons. The fourth-order valence-corrected chi connectivity index (χ4v) is 1.98. The molecule has 0 fully saturated rings. The molecule has 0 spiro atoms. The van der Waals surface area contributed by atoms with Crippen LogP contribution in [0.5, 0.6) is 5.75 Å². The molecule has 0 aromatic heterocycles. The SMILES string of the molecule is CN=C(NCc1ccccc1OC(C)(C)C)NC(C)COC.I. The lowest BCUT2D eigenvalue weighted by atomic mass is 10.1. The summed E-state index contributed by atoms with van der Waals surface area (Å²) in [6, 6.07) is 8.23. The van der Waals surface area contributed by atoms with Gasteiger partial charge in [0, 0.05) is 32.3 Å². The number of para-hydroxylation sites is 1. The minimum Gasteiger partial charge on any atom is -0.488 e. The summed E-state index contributed by atoms with van der Waals surface area (Å²) in [7, 11) is 3.45. The molecule has 1 unspecified atom stereocenters. The van der Waals surface area contributed by atoms with Crippen LogP contribution in [0.25, 0.3) is 0 Å². The van der Waals surface area contributed by atoms with Gasteiger partial charge in [-0.05, 0) is 33.8 Å². The smallest absolute Gasteiger partial charge is 0.191 e. The van der Waals surface area contributed by atoms with Gasteiger partial charge in [0.25, 0.3) is 0 Å². The Balaban J connectivity index is 0.00000484. The van der Waals surface area contributed by atoms with E-state index in [2.05, 4.69) is 21.7 Å². The van der Waals surface area contributed by atoms with Crippen LogP contribution in [0.1, 0.15) is 33.3 Å². The van der Waals surface area contributed by atoms with Gasteiger partial charge in [-0.15, -0.1) is 24.0 Å². The number of methoxy groups -OCH3 is 1. The fourth-order valence-electron chi connectivity index (χ4n) is 1.98. The van der Waals surface area contributed by atoms with Crippen molar-refractivity contribution in [3.8, 4) is 5.75 Å². The Morgan fingerprint density at radius 1 is 1.26 bits per heavy atom. The zero-order valence-electron chi connectivity index (χ0n) is 15.0. The maximum atomic E-state index is 6.00. The third kappa shape index (κ3) is 9.00. The molecule has 1 rings (SSSR count). The van der Waals surface area contributed by atoms with Crippen molar-refractivity contribution in [2.45, 2.75) is 45.9 Å². The average Bonchev–Trinajstić information content (AvgIpc) is 2.43. The number of aliphatic imine (C=N–C) groups is 1. The Hall–Kier alpha value is -1.02. The highest BCUT2D eigenvalue weighted by Crippen LogP contribution is 2.22. The van der Waals surface area contributed by atoms with Gasteiger partial charge in [0.1, 0.15) is 11.4 Å². The molecule has 5 nitrogen and oxygen atoms in total. The summed E-state index contributed by atoms with van der Waals surface area (Å²) in [5, 5.41) is 6.58. The number of benzene rings is 1. The summed E-state index contributed by atoms with van der Waals surface area (Å²) in [5.41, 5.74) is 0.878. The van der Waals surface area contributed by atoms with E-state index in [9.17, 15) is 0 Å². The van der Waals surface area contributed by atoms with Gasteiger partial charge in [0.05, 0.1) is 6.61 Å². The molecule has 0 radical (unpaired) electrons. The van der Waals surface area contributed by atoms with Crippen LogP contribution in [0.15, 0.2) is 29.3 Å².